The zero-order chi connectivity index (χ0) is 23.5. The van der Waals surface area contributed by atoms with E-state index in [1.165, 1.54) is 16.0 Å². The Morgan fingerprint density at radius 3 is 2.82 bits per heavy atom. The Labute approximate surface area is 209 Å². The number of aromatic nitrogens is 2. The van der Waals surface area contributed by atoms with Crippen molar-refractivity contribution in [3.05, 3.63) is 61.7 Å². The maximum Gasteiger partial charge on any atom is 0.341 e. The molecule has 3 aromatic rings. The average Bonchev–Trinajstić information content (AvgIpc) is 3.37. The van der Waals surface area contributed by atoms with Gasteiger partial charge in [-0.1, -0.05) is 11.6 Å². The van der Waals surface area contributed by atoms with Gasteiger partial charge in [-0.05, 0) is 85.3 Å². The van der Waals surface area contributed by atoms with Crippen LogP contribution in [-0.2, 0) is 24.3 Å². The van der Waals surface area contributed by atoms with Crippen LogP contribution in [0.5, 0.6) is 5.75 Å². The molecule has 0 atom stereocenters. The summed E-state index contributed by atoms with van der Waals surface area (Å²) in [6.07, 6.45) is 5.24. The number of aryl methyl sites for hydroxylation is 1. The van der Waals surface area contributed by atoms with E-state index in [0.717, 1.165) is 40.6 Å². The molecule has 0 saturated carbocycles. The molecule has 0 aliphatic heterocycles. The highest BCUT2D eigenvalue weighted by Crippen LogP contribution is 2.39. The van der Waals surface area contributed by atoms with Gasteiger partial charge in [0.15, 0.2) is 12.4 Å². The Morgan fingerprint density at radius 1 is 1.27 bits per heavy atom. The first-order valence-corrected chi connectivity index (χ1v) is 12.6. The number of esters is 1. The molecule has 0 bridgehead atoms. The van der Waals surface area contributed by atoms with Gasteiger partial charge in [0.25, 0.3) is 5.91 Å². The molecule has 2 heterocycles. The van der Waals surface area contributed by atoms with E-state index in [-0.39, 0.29) is 18.5 Å². The summed E-state index contributed by atoms with van der Waals surface area (Å²) in [4.78, 5) is 26.8. The molecule has 10 heteroatoms. The van der Waals surface area contributed by atoms with E-state index in [9.17, 15) is 9.59 Å². The van der Waals surface area contributed by atoms with E-state index < -0.39 is 11.9 Å². The summed E-state index contributed by atoms with van der Waals surface area (Å²) in [7, 11) is 0. The van der Waals surface area contributed by atoms with E-state index in [4.69, 9.17) is 21.1 Å². The lowest BCUT2D eigenvalue weighted by molar-refractivity contribution is 0.0378. The zero-order valence-corrected chi connectivity index (χ0v) is 21.3. The molecule has 0 spiro atoms. The van der Waals surface area contributed by atoms with Crippen LogP contribution in [-0.4, -0.2) is 27.8 Å². The first-order valence-electron chi connectivity index (χ1n) is 10.6. The highest BCUT2D eigenvalue weighted by Gasteiger charge is 2.28. The van der Waals surface area contributed by atoms with Crippen molar-refractivity contribution in [3.8, 4) is 5.75 Å². The van der Waals surface area contributed by atoms with E-state index in [1.54, 1.807) is 30.5 Å². The summed E-state index contributed by atoms with van der Waals surface area (Å²) in [5.41, 5.74) is 1.70. The predicted molar refractivity (Wildman–Crippen MR) is 131 cm³/mol. The van der Waals surface area contributed by atoms with Crippen LogP contribution in [0.1, 0.15) is 58.0 Å². The third-order valence-electron chi connectivity index (χ3n) is 5.06. The van der Waals surface area contributed by atoms with Crippen LogP contribution in [0, 0.1) is 0 Å². The molecule has 33 heavy (non-hydrogen) atoms. The van der Waals surface area contributed by atoms with E-state index in [2.05, 4.69) is 26.3 Å². The van der Waals surface area contributed by atoms with Gasteiger partial charge in [0.1, 0.15) is 10.8 Å². The van der Waals surface area contributed by atoms with Gasteiger partial charge in [-0.2, -0.15) is 5.10 Å². The van der Waals surface area contributed by atoms with Crippen molar-refractivity contribution >= 4 is 55.7 Å². The minimum absolute atomic E-state index is 0.118. The van der Waals surface area contributed by atoms with Crippen LogP contribution in [0.4, 0.5) is 5.00 Å². The molecular formula is C23H23BrClN3O4S. The van der Waals surface area contributed by atoms with E-state index in [1.807, 2.05) is 13.8 Å². The molecule has 1 aliphatic carbocycles. The number of carbonyl (C=O) groups excluding carboxylic acids is 2. The van der Waals surface area contributed by atoms with Crippen molar-refractivity contribution in [1.82, 2.24) is 9.78 Å². The summed E-state index contributed by atoms with van der Waals surface area (Å²) >= 11 is 10.8. The van der Waals surface area contributed by atoms with Crippen LogP contribution in [0.15, 0.2) is 34.9 Å². The van der Waals surface area contributed by atoms with Gasteiger partial charge in [0.2, 0.25) is 0 Å². The first kappa shape index (κ1) is 23.8. The Bertz CT molecular complexity index is 1190. The Hall–Kier alpha value is -2.36. The molecule has 2 aromatic heterocycles. The van der Waals surface area contributed by atoms with Crippen molar-refractivity contribution in [2.45, 2.75) is 52.4 Å². The number of rotatable bonds is 7. The number of nitrogens with zero attached hydrogens (tertiary/aromatic N) is 2. The van der Waals surface area contributed by atoms with Gasteiger partial charge in [-0.3, -0.25) is 4.79 Å². The van der Waals surface area contributed by atoms with Crippen LogP contribution in [0.25, 0.3) is 0 Å². The van der Waals surface area contributed by atoms with Gasteiger partial charge >= 0.3 is 5.97 Å². The molecule has 1 aliphatic rings. The number of carbonyl (C=O) groups is 2. The highest BCUT2D eigenvalue weighted by atomic mass is 79.9. The first-order chi connectivity index (χ1) is 15.8. The largest absolute Gasteiger partial charge is 0.470 e. The number of amides is 1. The van der Waals surface area contributed by atoms with Gasteiger partial charge in [0.05, 0.1) is 16.1 Å². The SMILES string of the molecule is CC(C)OC(=O)c1c(NC(=O)c2ccn(COc3ccc(Cl)cc3Br)n2)sc2c1CCCC2. The fraction of sp³-hybridized carbons (Fsp3) is 0.348. The maximum absolute atomic E-state index is 12.9. The van der Waals surface area contributed by atoms with Gasteiger partial charge in [-0.25, -0.2) is 9.48 Å². The van der Waals surface area contributed by atoms with Crippen molar-refractivity contribution in [3.63, 3.8) is 0 Å². The number of thiophene rings is 1. The number of nitrogens with one attached hydrogen (secondary N) is 1. The third kappa shape index (κ3) is 5.59. The summed E-state index contributed by atoms with van der Waals surface area (Å²) in [5.74, 6) is -0.177. The molecular weight excluding hydrogens is 530 g/mol. The number of hydrogen-bond donors (Lipinski definition) is 1. The van der Waals surface area contributed by atoms with Crippen molar-refractivity contribution in [2.75, 3.05) is 5.32 Å². The minimum Gasteiger partial charge on any atom is -0.470 e. The van der Waals surface area contributed by atoms with Crippen LogP contribution in [0.3, 0.4) is 0 Å². The normalized spacial score (nSPS) is 13.0. The van der Waals surface area contributed by atoms with Gasteiger partial charge in [0, 0.05) is 16.1 Å². The standard InChI is InChI=1S/C23H23BrClN3O4S/c1-13(2)32-23(30)20-15-5-3-4-6-19(15)33-22(20)26-21(29)17-9-10-28(27-17)12-31-18-8-7-14(25)11-16(18)24/h7-11,13H,3-6,12H2,1-2H3,(H,26,29). The summed E-state index contributed by atoms with van der Waals surface area (Å²) < 4.78 is 13.4. The molecule has 1 aromatic carbocycles. The molecule has 0 unspecified atom stereocenters. The van der Waals surface area contributed by atoms with Crippen molar-refractivity contribution < 1.29 is 19.1 Å². The molecule has 0 fully saturated rings. The number of benzene rings is 1. The second kappa shape index (κ2) is 10.3. The van der Waals surface area contributed by atoms with Crippen LogP contribution >= 0.6 is 38.9 Å². The zero-order valence-electron chi connectivity index (χ0n) is 18.2. The minimum atomic E-state index is -0.396. The molecule has 1 amide bonds. The number of halogens is 2. The third-order valence-corrected chi connectivity index (χ3v) is 7.13. The summed E-state index contributed by atoms with van der Waals surface area (Å²) in [6, 6.07) is 6.82. The van der Waals surface area contributed by atoms with Crippen LogP contribution < -0.4 is 10.1 Å². The second-order valence-corrected chi connectivity index (χ2v) is 10.3. The number of hydrogen-bond acceptors (Lipinski definition) is 6. The number of fused-ring (bicyclic) bond motifs is 1. The predicted octanol–water partition coefficient (Wildman–Crippen LogP) is 6.09. The topological polar surface area (TPSA) is 82.5 Å². The van der Waals surface area contributed by atoms with Crippen molar-refractivity contribution in [2.24, 2.45) is 0 Å². The van der Waals surface area contributed by atoms with E-state index in [0.29, 0.717) is 21.3 Å². The fourth-order valence-electron chi connectivity index (χ4n) is 3.59. The van der Waals surface area contributed by atoms with E-state index >= 15 is 0 Å². The number of anilines is 1. The molecule has 174 valence electrons. The Morgan fingerprint density at radius 2 is 2.06 bits per heavy atom. The highest BCUT2D eigenvalue weighted by molar-refractivity contribution is 9.10. The fourth-order valence-corrected chi connectivity index (χ4v) is 5.66. The lowest BCUT2D eigenvalue weighted by Gasteiger charge is -2.14. The Kier molecular flexibility index (Phi) is 7.41. The summed E-state index contributed by atoms with van der Waals surface area (Å²) in [5, 5.41) is 8.30. The molecule has 4 rings (SSSR count). The lowest BCUT2D eigenvalue weighted by Crippen LogP contribution is -2.18. The maximum atomic E-state index is 12.9. The lowest BCUT2D eigenvalue weighted by atomic mass is 9.95. The molecule has 0 saturated heterocycles. The van der Waals surface area contributed by atoms with Crippen LogP contribution in [0.2, 0.25) is 5.02 Å². The van der Waals surface area contributed by atoms with Gasteiger partial charge in [-0.15, -0.1) is 11.3 Å². The average molecular weight is 553 g/mol. The Balaban J connectivity index is 1.48. The molecule has 0 radical (unpaired) electrons. The monoisotopic (exact) mass is 551 g/mol. The molecule has 1 N–H and O–H groups in total. The quantitative estimate of drug-likeness (QED) is 0.359. The van der Waals surface area contributed by atoms with Crippen molar-refractivity contribution in [1.29, 1.82) is 0 Å². The van der Waals surface area contributed by atoms with Gasteiger partial charge < -0.3 is 14.8 Å². The number of ether oxygens (including phenoxy) is 2. The summed E-state index contributed by atoms with van der Waals surface area (Å²) in [6.45, 7) is 3.74. The smallest absolute Gasteiger partial charge is 0.341 e. The second-order valence-electron chi connectivity index (χ2n) is 7.91. The molecule has 7 nitrogen and oxygen atoms in total.